The Kier molecular flexibility index (Phi) is 4.33. The Hall–Kier alpha value is -1.79. The number of nitrogens with one attached hydrogen (secondary N) is 2. The average Bonchev–Trinajstić information content (AvgIpc) is 3.32. The zero-order chi connectivity index (χ0) is 17.4. The number of amides is 1. The van der Waals surface area contributed by atoms with Crippen LogP contribution in [0.15, 0.2) is 29.8 Å². The fourth-order valence-corrected chi connectivity index (χ4v) is 4.77. The van der Waals surface area contributed by atoms with Crippen LogP contribution >= 0.6 is 11.7 Å². The van der Waals surface area contributed by atoms with Crippen molar-refractivity contribution in [3.05, 3.63) is 35.4 Å². The molecule has 132 valence electrons. The molecule has 0 unspecified atom stereocenters. The third kappa shape index (κ3) is 3.09. The number of allylic oxidation sites excluding steroid dienone is 2. The number of fused-ring (bicyclic) bond motifs is 3. The van der Waals surface area contributed by atoms with Crippen molar-refractivity contribution in [2.24, 2.45) is 5.41 Å². The van der Waals surface area contributed by atoms with Crippen molar-refractivity contribution in [1.82, 2.24) is 19.4 Å². The molecule has 2 bridgehead atoms. The highest BCUT2D eigenvalue weighted by Crippen LogP contribution is 2.46. The number of hydrogen-bond donors (Lipinski definition) is 2. The van der Waals surface area contributed by atoms with E-state index in [9.17, 15) is 4.79 Å². The third-order valence-corrected chi connectivity index (χ3v) is 6.17. The first-order valence-electron chi connectivity index (χ1n) is 8.96. The van der Waals surface area contributed by atoms with Gasteiger partial charge in [-0.15, -0.1) is 0 Å². The highest BCUT2D eigenvalue weighted by molar-refractivity contribution is 7.00. The van der Waals surface area contributed by atoms with Crippen LogP contribution in [0.4, 0.5) is 0 Å². The van der Waals surface area contributed by atoms with Crippen molar-refractivity contribution in [3.8, 4) is 0 Å². The maximum atomic E-state index is 13.2. The Morgan fingerprint density at radius 1 is 1.36 bits per heavy atom. The average molecular weight is 356 g/mol. The highest BCUT2D eigenvalue weighted by Gasteiger charge is 2.54. The minimum Gasteiger partial charge on any atom is -0.351 e. The molecule has 0 aliphatic carbocycles. The number of hydrogen-bond acceptors (Lipinski definition) is 5. The number of carbonyl (C=O) groups is 1. The van der Waals surface area contributed by atoms with Crippen molar-refractivity contribution >= 4 is 28.7 Å². The molecule has 0 saturated carbocycles. The number of rotatable bonds is 5. The summed E-state index contributed by atoms with van der Waals surface area (Å²) in [5.74, 6) is 0.182. The van der Waals surface area contributed by atoms with Crippen LogP contribution in [0.3, 0.4) is 0 Å². The van der Waals surface area contributed by atoms with Gasteiger partial charge in [0.1, 0.15) is 11.0 Å². The van der Waals surface area contributed by atoms with Crippen molar-refractivity contribution < 1.29 is 4.79 Å². The van der Waals surface area contributed by atoms with E-state index < -0.39 is 0 Å². The van der Waals surface area contributed by atoms with Crippen LogP contribution in [0.5, 0.6) is 0 Å². The van der Waals surface area contributed by atoms with Crippen molar-refractivity contribution in [1.29, 1.82) is 0 Å². The van der Waals surface area contributed by atoms with Crippen LogP contribution in [0.25, 0.3) is 11.0 Å². The van der Waals surface area contributed by atoms with E-state index in [1.165, 1.54) is 23.7 Å². The fraction of sp³-hybridized carbons (Fsp3) is 0.526. The molecule has 2 saturated heterocycles. The number of nitrogens with zero attached hydrogens (tertiary/aromatic N) is 2. The molecule has 1 amide bonds. The second-order valence-corrected chi connectivity index (χ2v) is 8.14. The first-order valence-corrected chi connectivity index (χ1v) is 9.69. The molecule has 1 aromatic heterocycles. The molecule has 4 rings (SSSR count). The first kappa shape index (κ1) is 16.7. The van der Waals surface area contributed by atoms with Crippen LogP contribution in [-0.4, -0.2) is 26.7 Å². The topological polar surface area (TPSA) is 66.9 Å². The largest absolute Gasteiger partial charge is 0.351 e. The van der Waals surface area contributed by atoms with Gasteiger partial charge < -0.3 is 10.6 Å². The second-order valence-electron chi connectivity index (χ2n) is 7.61. The van der Waals surface area contributed by atoms with E-state index in [0.717, 1.165) is 35.9 Å². The molecule has 3 atom stereocenters. The van der Waals surface area contributed by atoms with Gasteiger partial charge in [-0.1, -0.05) is 17.7 Å². The van der Waals surface area contributed by atoms with Crippen LogP contribution in [0.2, 0.25) is 0 Å². The number of aromatic nitrogens is 2. The van der Waals surface area contributed by atoms with Crippen LogP contribution < -0.4 is 10.6 Å². The van der Waals surface area contributed by atoms with Gasteiger partial charge in [-0.2, -0.15) is 8.75 Å². The van der Waals surface area contributed by atoms with Gasteiger partial charge in [-0.3, -0.25) is 4.79 Å². The lowest BCUT2D eigenvalue weighted by Crippen LogP contribution is -2.48. The second kappa shape index (κ2) is 6.50. The van der Waals surface area contributed by atoms with Gasteiger partial charge in [0.05, 0.1) is 17.1 Å². The summed E-state index contributed by atoms with van der Waals surface area (Å²) in [5.41, 5.74) is 3.86. The zero-order valence-corrected chi connectivity index (χ0v) is 15.5. The monoisotopic (exact) mass is 356 g/mol. The lowest BCUT2D eigenvalue weighted by atomic mass is 9.70. The molecule has 3 heterocycles. The summed E-state index contributed by atoms with van der Waals surface area (Å²) in [5, 5.41) is 6.83. The predicted molar refractivity (Wildman–Crippen MR) is 100 cm³/mol. The number of benzene rings is 1. The van der Waals surface area contributed by atoms with Crippen LogP contribution in [0, 0.1) is 5.41 Å². The lowest BCUT2D eigenvalue weighted by Gasteiger charge is -2.34. The zero-order valence-electron chi connectivity index (χ0n) is 14.7. The fourth-order valence-electron chi connectivity index (χ4n) is 4.25. The van der Waals surface area contributed by atoms with E-state index >= 15 is 0 Å². The molecule has 2 aromatic rings. The number of carbonyl (C=O) groups excluding carboxylic acids is 1. The van der Waals surface area contributed by atoms with Gasteiger partial charge in [0.25, 0.3) is 0 Å². The highest BCUT2D eigenvalue weighted by atomic mass is 32.1. The SMILES string of the molecule is CC(C)=CC[C@@]1(C(=O)NCc2ccc3nsnc3c2)C[C@@H]2CC[C@H]1N2. The Morgan fingerprint density at radius 2 is 2.20 bits per heavy atom. The van der Waals surface area contributed by atoms with Gasteiger partial charge >= 0.3 is 0 Å². The minimum atomic E-state index is -0.299. The van der Waals surface area contributed by atoms with E-state index in [1.807, 2.05) is 18.2 Å². The normalized spacial score (nSPS) is 27.6. The molecule has 0 spiro atoms. The van der Waals surface area contributed by atoms with Gasteiger partial charge in [0.15, 0.2) is 0 Å². The van der Waals surface area contributed by atoms with Crippen molar-refractivity contribution in [3.63, 3.8) is 0 Å². The smallest absolute Gasteiger partial charge is 0.228 e. The summed E-state index contributed by atoms with van der Waals surface area (Å²) in [6.45, 7) is 4.74. The summed E-state index contributed by atoms with van der Waals surface area (Å²) in [7, 11) is 0. The summed E-state index contributed by atoms with van der Waals surface area (Å²) in [6, 6.07) is 6.81. The van der Waals surface area contributed by atoms with Crippen molar-refractivity contribution in [2.45, 2.75) is 58.2 Å². The third-order valence-electron chi connectivity index (χ3n) is 5.62. The van der Waals surface area contributed by atoms with E-state index in [-0.39, 0.29) is 11.3 Å². The van der Waals surface area contributed by atoms with Gasteiger partial charge in [0, 0.05) is 18.6 Å². The minimum absolute atomic E-state index is 0.182. The van der Waals surface area contributed by atoms with E-state index in [1.54, 1.807) is 0 Å². The van der Waals surface area contributed by atoms with E-state index in [4.69, 9.17) is 0 Å². The quantitative estimate of drug-likeness (QED) is 0.808. The molecule has 2 aliphatic heterocycles. The summed E-state index contributed by atoms with van der Waals surface area (Å²) in [4.78, 5) is 13.2. The molecule has 25 heavy (non-hydrogen) atoms. The molecule has 6 heteroatoms. The van der Waals surface area contributed by atoms with Gasteiger partial charge in [-0.05, 0) is 57.2 Å². The maximum absolute atomic E-state index is 13.2. The molecule has 5 nitrogen and oxygen atoms in total. The Labute approximate surface area is 152 Å². The Balaban J connectivity index is 1.49. The molecule has 2 fully saturated rings. The predicted octanol–water partition coefficient (Wildman–Crippen LogP) is 3.17. The van der Waals surface area contributed by atoms with Crippen molar-refractivity contribution in [2.75, 3.05) is 0 Å². The Morgan fingerprint density at radius 3 is 2.92 bits per heavy atom. The molecule has 0 radical (unpaired) electrons. The van der Waals surface area contributed by atoms with Crippen LogP contribution in [-0.2, 0) is 11.3 Å². The van der Waals surface area contributed by atoms with Gasteiger partial charge in [0.2, 0.25) is 5.91 Å². The van der Waals surface area contributed by atoms with Crippen LogP contribution in [0.1, 0.15) is 45.1 Å². The molecular weight excluding hydrogens is 332 g/mol. The maximum Gasteiger partial charge on any atom is 0.228 e. The van der Waals surface area contributed by atoms with E-state index in [0.29, 0.717) is 18.6 Å². The summed E-state index contributed by atoms with van der Waals surface area (Å²) in [6.07, 6.45) is 6.29. The standard InChI is InChI=1S/C19H24N4OS/c1-12(2)7-8-19(10-14-4-6-17(19)21-14)18(24)20-11-13-3-5-15-16(9-13)23-25-22-15/h3,5,7,9,14,17,21H,4,6,8,10-11H2,1-2H3,(H,20,24)/t14-,17+,19+/m0/s1. The molecule has 1 aromatic carbocycles. The first-order chi connectivity index (χ1) is 12.1. The molecular formula is C19H24N4OS. The molecule has 2 aliphatic rings. The summed E-state index contributed by atoms with van der Waals surface area (Å²) >= 11 is 1.22. The lowest BCUT2D eigenvalue weighted by molar-refractivity contribution is -0.132. The van der Waals surface area contributed by atoms with Gasteiger partial charge in [-0.25, -0.2) is 0 Å². The Bertz CT molecular complexity index is 826. The summed E-state index contributed by atoms with van der Waals surface area (Å²) < 4.78 is 8.50. The molecule has 2 N–H and O–H groups in total. The van der Waals surface area contributed by atoms with E-state index in [2.05, 4.69) is 39.3 Å².